The van der Waals surface area contributed by atoms with Crippen LogP contribution >= 0.6 is 27.5 Å². The number of hydrogen-bond acceptors (Lipinski definition) is 1. The minimum absolute atomic E-state index is 0.0583. The van der Waals surface area contributed by atoms with Crippen LogP contribution in [0.5, 0.6) is 0 Å². The van der Waals surface area contributed by atoms with E-state index in [1.807, 2.05) is 0 Å². The van der Waals surface area contributed by atoms with Crippen molar-refractivity contribution < 1.29 is 9.18 Å². The van der Waals surface area contributed by atoms with Gasteiger partial charge in [-0.15, -0.1) is 11.6 Å². The molecule has 0 spiro atoms. The van der Waals surface area contributed by atoms with Gasteiger partial charge in [0.25, 0.3) is 5.91 Å². The summed E-state index contributed by atoms with van der Waals surface area (Å²) in [6.45, 7) is 2.17. The predicted octanol–water partition coefficient (Wildman–Crippen LogP) is 3.29. The van der Waals surface area contributed by atoms with Crippen molar-refractivity contribution in [2.75, 3.05) is 13.6 Å². The van der Waals surface area contributed by atoms with Gasteiger partial charge in [0.2, 0.25) is 0 Å². The summed E-state index contributed by atoms with van der Waals surface area (Å²) in [5.74, 6) is -0.897. The molecule has 2 nitrogen and oxygen atoms in total. The van der Waals surface area contributed by atoms with Gasteiger partial charge in [-0.2, -0.15) is 0 Å². The van der Waals surface area contributed by atoms with E-state index in [9.17, 15) is 9.18 Å². The Bertz CT molecular complexity index is 398. The van der Waals surface area contributed by atoms with Crippen LogP contribution in [0.25, 0.3) is 0 Å². The highest BCUT2D eigenvalue weighted by Crippen LogP contribution is 2.16. The average Bonchev–Trinajstić information content (AvgIpc) is 2.15. The number of benzene rings is 1. The summed E-state index contributed by atoms with van der Waals surface area (Å²) in [5, 5.41) is -0.160. The van der Waals surface area contributed by atoms with E-state index in [1.54, 1.807) is 20.0 Å². The molecular weight excluding hydrogens is 296 g/mol. The number of rotatable bonds is 3. The van der Waals surface area contributed by atoms with Gasteiger partial charge in [0.15, 0.2) is 0 Å². The molecule has 0 aromatic heterocycles. The van der Waals surface area contributed by atoms with E-state index in [0.717, 1.165) is 0 Å². The van der Waals surface area contributed by atoms with Crippen molar-refractivity contribution in [2.24, 2.45) is 0 Å². The molecule has 0 N–H and O–H groups in total. The molecule has 0 heterocycles. The Labute approximate surface area is 108 Å². The molecule has 5 heteroatoms. The van der Waals surface area contributed by atoms with Gasteiger partial charge < -0.3 is 4.90 Å². The van der Waals surface area contributed by atoms with Crippen LogP contribution < -0.4 is 0 Å². The fourth-order valence-electron chi connectivity index (χ4n) is 1.33. The molecule has 1 aromatic carbocycles. The van der Waals surface area contributed by atoms with Crippen molar-refractivity contribution >= 4 is 33.4 Å². The van der Waals surface area contributed by atoms with Crippen molar-refractivity contribution in [3.63, 3.8) is 0 Å². The molecule has 0 fully saturated rings. The lowest BCUT2D eigenvalue weighted by Gasteiger charge is -2.18. The fourth-order valence-corrected chi connectivity index (χ4v) is 1.87. The summed E-state index contributed by atoms with van der Waals surface area (Å²) >= 11 is 8.91. The van der Waals surface area contributed by atoms with Crippen LogP contribution in [0.4, 0.5) is 4.39 Å². The van der Waals surface area contributed by atoms with Crippen molar-refractivity contribution in [3.05, 3.63) is 34.1 Å². The lowest BCUT2D eigenvalue weighted by Crippen LogP contribution is -2.31. The first kappa shape index (κ1) is 13.5. The Morgan fingerprint density at radius 1 is 1.62 bits per heavy atom. The first-order chi connectivity index (χ1) is 7.41. The first-order valence-electron chi connectivity index (χ1n) is 4.76. The standard InChI is InChI=1S/C11H12BrClFNO/c1-7(13)6-15(2)11(16)9-4-3-8(12)5-10(9)14/h3-5,7H,6H2,1-2H3. The maximum Gasteiger partial charge on any atom is 0.256 e. The zero-order valence-electron chi connectivity index (χ0n) is 9.01. The molecular formula is C11H12BrClFNO. The number of nitrogens with zero attached hydrogens (tertiary/aromatic N) is 1. The quantitative estimate of drug-likeness (QED) is 0.785. The van der Waals surface area contributed by atoms with E-state index in [2.05, 4.69) is 15.9 Å². The summed E-state index contributed by atoms with van der Waals surface area (Å²) < 4.78 is 14.1. The van der Waals surface area contributed by atoms with E-state index < -0.39 is 5.82 Å². The van der Waals surface area contributed by atoms with Crippen LogP contribution in [-0.4, -0.2) is 29.8 Å². The molecule has 0 aliphatic rings. The SMILES string of the molecule is CC(Cl)CN(C)C(=O)c1ccc(Br)cc1F. The third-order valence-electron chi connectivity index (χ3n) is 2.03. The molecule has 0 saturated heterocycles. The van der Waals surface area contributed by atoms with Gasteiger partial charge in [0.1, 0.15) is 5.82 Å². The number of carbonyl (C=O) groups is 1. The minimum Gasteiger partial charge on any atom is -0.340 e. The monoisotopic (exact) mass is 307 g/mol. The molecule has 1 rings (SSSR count). The van der Waals surface area contributed by atoms with Crippen LogP contribution in [0.2, 0.25) is 0 Å². The van der Waals surface area contributed by atoms with Crippen molar-refractivity contribution in [2.45, 2.75) is 12.3 Å². The van der Waals surface area contributed by atoms with Crippen molar-refractivity contribution in [1.29, 1.82) is 0 Å². The summed E-state index contributed by atoms with van der Waals surface area (Å²) in [7, 11) is 1.60. The van der Waals surface area contributed by atoms with Gasteiger partial charge in [0.05, 0.1) is 5.56 Å². The van der Waals surface area contributed by atoms with E-state index in [0.29, 0.717) is 11.0 Å². The second kappa shape index (κ2) is 5.64. The zero-order valence-corrected chi connectivity index (χ0v) is 11.3. The molecule has 1 atom stereocenters. The van der Waals surface area contributed by atoms with Gasteiger partial charge in [-0.25, -0.2) is 4.39 Å². The summed E-state index contributed by atoms with van der Waals surface area (Å²) in [6, 6.07) is 4.36. The van der Waals surface area contributed by atoms with Crippen LogP contribution in [0.15, 0.2) is 22.7 Å². The Morgan fingerprint density at radius 3 is 2.75 bits per heavy atom. The zero-order chi connectivity index (χ0) is 12.3. The Hall–Kier alpha value is -0.610. The maximum absolute atomic E-state index is 13.5. The minimum atomic E-state index is -0.534. The Balaban J connectivity index is 2.88. The average molecular weight is 309 g/mol. The normalized spacial score (nSPS) is 12.3. The van der Waals surface area contributed by atoms with E-state index in [-0.39, 0.29) is 16.8 Å². The molecule has 1 unspecified atom stereocenters. The first-order valence-corrected chi connectivity index (χ1v) is 5.99. The molecule has 0 aliphatic carbocycles. The van der Waals surface area contributed by atoms with E-state index >= 15 is 0 Å². The highest BCUT2D eigenvalue weighted by Gasteiger charge is 2.17. The third-order valence-corrected chi connectivity index (χ3v) is 2.66. The van der Waals surface area contributed by atoms with Gasteiger partial charge in [0, 0.05) is 23.4 Å². The molecule has 88 valence electrons. The fraction of sp³-hybridized carbons (Fsp3) is 0.364. The van der Waals surface area contributed by atoms with Gasteiger partial charge >= 0.3 is 0 Å². The molecule has 1 aromatic rings. The highest BCUT2D eigenvalue weighted by molar-refractivity contribution is 9.10. The lowest BCUT2D eigenvalue weighted by molar-refractivity contribution is 0.0791. The Kier molecular flexibility index (Phi) is 4.74. The van der Waals surface area contributed by atoms with Gasteiger partial charge in [-0.1, -0.05) is 15.9 Å². The second-order valence-corrected chi connectivity index (χ2v) is 5.25. The summed E-state index contributed by atoms with van der Waals surface area (Å²) in [5.41, 5.74) is 0.0583. The molecule has 0 bridgehead atoms. The molecule has 0 aliphatic heterocycles. The smallest absolute Gasteiger partial charge is 0.256 e. The molecule has 0 radical (unpaired) electrons. The van der Waals surface area contributed by atoms with E-state index in [4.69, 9.17) is 11.6 Å². The number of halogens is 3. The number of carbonyl (C=O) groups excluding carboxylic acids is 1. The van der Waals surface area contributed by atoms with Crippen LogP contribution in [-0.2, 0) is 0 Å². The number of hydrogen-bond donors (Lipinski definition) is 0. The van der Waals surface area contributed by atoms with Crippen molar-refractivity contribution in [1.82, 2.24) is 4.90 Å². The van der Waals surface area contributed by atoms with Crippen molar-refractivity contribution in [3.8, 4) is 0 Å². The lowest BCUT2D eigenvalue weighted by atomic mass is 10.2. The highest BCUT2D eigenvalue weighted by atomic mass is 79.9. The number of amides is 1. The van der Waals surface area contributed by atoms with Crippen LogP contribution in [0, 0.1) is 5.82 Å². The molecule has 16 heavy (non-hydrogen) atoms. The van der Waals surface area contributed by atoms with Gasteiger partial charge in [-0.05, 0) is 25.1 Å². The maximum atomic E-state index is 13.5. The Morgan fingerprint density at radius 2 is 2.25 bits per heavy atom. The number of alkyl halides is 1. The topological polar surface area (TPSA) is 20.3 Å². The third kappa shape index (κ3) is 3.46. The summed E-state index contributed by atoms with van der Waals surface area (Å²) in [6.07, 6.45) is 0. The second-order valence-electron chi connectivity index (χ2n) is 3.59. The predicted molar refractivity (Wildman–Crippen MR) is 66.4 cm³/mol. The summed E-state index contributed by atoms with van der Waals surface area (Å²) in [4.78, 5) is 13.2. The van der Waals surface area contributed by atoms with E-state index in [1.165, 1.54) is 17.0 Å². The van der Waals surface area contributed by atoms with Gasteiger partial charge in [-0.3, -0.25) is 4.79 Å². The van der Waals surface area contributed by atoms with Crippen LogP contribution in [0.3, 0.4) is 0 Å². The molecule has 0 saturated carbocycles. The van der Waals surface area contributed by atoms with Crippen LogP contribution in [0.1, 0.15) is 17.3 Å². The largest absolute Gasteiger partial charge is 0.340 e. The molecule has 1 amide bonds.